The Morgan fingerprint density at radius 2 is 0.989 bits per heavy atom. The molecule has 23 nitrogen and oxygen atoms in total. The van der Waals surface area contributed by atoms with Gasteiger partial charge in [0.1, 0.15) is 45.7 Å². The number of amides is 3. The lowest BCUT2D eigenvalue weighted by Crippen LogP contribution is -2.42. The van der Waals surface area contributed by atoms with Crippen LogP contribution in [-0.4, -0.2) is 130 Å². The van der Waals surface area contributed by atoms with Gasteiger partial charge in [0.05, 0.1) is 55.0 Å². The summed E-state index contributed by atoms with van der Waals surface area (Å²) in [6, 6.07) is 32.5. The lowest BCUT2D eigenvalue weighted by molar-refractivity contribution is 0.0187. The standard InChI is InChI=1S/C35H38N6O5S.C31H34N4O6.C4H6N2S/c1-22-19-37-33(47-22)38-32(42)24-10-14-27(15-11-24)45-28-16-17-36-31-29(28)30(39-41(31)20-23-8-12-26(44-5)13-9-23)25-7-6-18-40(21-25)34(43)46-35(2,3)4;1-31(2,3)41-30(38)34-17-5-6-22(19-34)27-26-25(40-24-13-9-21(10-14-24)29(36)37)15-16-32-28(26)35(33-27)18-20-7-11-23(39-4)12-8-20;1-3-2-6-4(5)7-3/h8-17,19,25H,6-7,18,20-21H2,1-5H3,(H,37,38,42);7-16,22H,5-6,17-19H2,1-4H3,(H,36,37);2H,1H3,(H2,5,6). The van der Waals surface area contributed by atoms with E-state index in [1.807, 2.05) is 119 Å². The Morgan fingerprint density at radius 1 is 0.568 bits per heavy atom. The van der Waals surface area contributed by atoms with Crippen LogP contribution in [0.1, 0.15) is 132 Å². The molecule has 0 spiro atoms. The molecule has 8 heterocycles. The van der Waals surface area contributed by atoms with E-state index >= 15 is 0 Å². The number of nitrogen functional groups attached to an aromatic ring is 1. The van der Waals surface area contributed by atoms with Gasteiger partial charge >= 0.3 is 18.2 Å². The summed E-state index contributed by atoms with van der Waals surface area (Å²) in [6.45, 7) is 18.3. The number of hydrogen-bond donors (Lipinski definition) is 3. The molecule has 2 aliphatic heterocycles. The predicted molar refractivity (Wildman–Crippen MR) is 365 cm³/mol. The van der Waals surface area contributed by atoms with Crippen molar-refractivity contribution in [3.05, 3.63) is 177 Å². The molecule has 4 N–H and O–H groups in total. The first-order valence-electron chi connectivity index (χ1n) is 31.1. The number of rotatable bonds is 15. The molecule has 2 fully saturated rings. The number of carboxylic acid groups (broad SMARTS) is 1. The van der Waals surface area contributed by atoms with E-state index < -0.39 is 17.2 Å². The number of benzene rings is 4. The van der Waals surface area contributed by atoms with Gasteiger partial charge in [0.2, 0.25) is 0 Å². The first-order chi connectivity index (χ1) is 45.5. The number of aryl methyl sites for hydroxylation is 2. The third-order valence-electron chi connectivity index (χ3n) is 15.3. The van der Waals surface area contributed by atoms with Crippen LogP contribution in [0.15, 0.2) is 134 Å². The highest BCUT2D eigenvalue weighted by atomic mass is 32.1. The van der Waals surface area contributed by atoms with Crippen molar-refractivity contribution in [1.82, 2.24) is 49.3 Å². The number of pyridine rings is 2. The number of carboxylic acids is 1. The quantitative estimate of drug-likeness (QED) is 0.0860. The molecule has 496 valence electrons. The molecule has 0 saturated carbocycles. The fourth-order valence-electron chi connectivity index (χ4n) is 10.9. The average molecular weight is 1330 g/mol. The summed E-state index contributed by atoms with van der Waals surface area (Å²) in [4.78, 5) is 73.2. The first-order valence-corrected chi connectivity index (χ1v) is 32.7. The highest BCUT2D eigenvalue weighted by molar-refractivity contribution is 7.15. The summed E-state index contributed by atoms with van der Waals surface area (Å²) in [6.07, 6.45) is 9.53. The van der Waals surface area contributed by atoms with Crippen molar-refractivity contribution >= 4 is 79.1 Å². The van der Waals surface area contributed by atoms with Gasteiger partial charge in [-0.15, -0.1) is 22.7 Å². The average Bonchev–Trinajstić information content (AvgIpc) is 1.64. The number of likely N-dealkylation sites (tertiary alicyclic amines) is 2. The number of carbonyl (C=O) groups excluding carboxylic acids is 3. The van der Waals surface area contributed by atoms with Gasteiger partial charge in [-0.2, -0.15) is 10.2 Å². The van der Waals surface area contributed by atoms with Crippen LogP contribution in [-0.2, 0) is 22.6 Å². The number of anilines is 2. The molecule has 0 radical (unpaired) electrons. The Morgan fingerprint density at radius 3 is 1.36 bits per heavy atom. The molecule has 0 aliphatic carbocycles. The topological polar surface area (TPSA) is 276 Å². The molecular weight excluding hydrogens is 1250 g/mol. The van der Waals surface area contributed by atoms with Gasteiger partial charge in [-0.05, 0) is 177 Å². The third kappa shape index (κ3) is 17.8. The van der Waals surface area contributed by atoms with Crippen LogP contribution < -0.4 is 30.0 Å². The second kappa shape index (κ2) is 29.9. The van der Waals surface area contributed by atoms with Crippen molar-refractivity contribution in [2.45, 2.75) is 117 Å². The second-order valence-electron chi connectivity index (χ2n) is 24.9. The maximum Gasteiger partial charge on any atom is 0.410 e. The smallest absolute Gasteiger partial charge is 0.410 e. The van der Waals surface area contributed by atoms with E-state index in [2.05, 4.69) is 20.3 Å². The normalized spacial score (nSPS) is 14.8. The number of ether oxygens (including phenoxy) is 6. The fraction of sp³-hybridized carbons (Fsp3) is 0.343. The van der Waals surface area contributed by atoms with Crippen LogP contribution in [0.5, 0.6) is 34.5 Å². The SMILES string of the molecule is COc1ccc(Cn2nc(C3CCCN(C(=O)OC(C)(C)C)C3)c3c(Oc4ccc(C(=O)Nc5ncc(C)s5)cc4)ccnc32)cc1.COc1ccc(Cn2nc(C3CCCN(C(=O)OC(C)(C)C)C3)c3c(Oc4ccc(C(=O)O)cc4)ccnc32)cc1.Cc1cnc(N)s1. The number of fused-ring (bicyclic) bond motifs is 2. The number of thiazole rings is 2. The molecule has 4 aromatic carbocycles. The molecular formula is C70H78N12O11S2. The number of aromatic carboxylic acids is 1. The van der Waals surface area contributed by atoms with Crippen molar-refractivity contribution in [2.24, 2.45) is 0 Å². The van der Waals surface area contributed by atoms with Crippen LogP contribution in [0.25, 0.3) is 22.1 Å². The van der Waals surface area contributed by atoms with E-state index in [1.165, 1.54) is 34.8 Å². The van der Waals surface area contributed by atoms with Crippen molar-refractivity contribution in [1.29, 1.82) is 0 Å². The maximum atomic E-state index is 13.0. The minimum Gasteiger partial charge on any atom is -0.497 e. The molecule has 2 aliphatic rings. The maximum absolute atomic E-state index is 13.0. The number of aromatic nitrogens is 8. The summed E-state index contributed by atoms with van der Waals surface area (Å²) in [5, 5.41) is 25.0. The summed E-state index contributed by atoms with van der Waals surface area (Å²) in [5.74, 6) is 2.40. The number of nitrogens with two attached hydrogens (primary N) is 1. The van der Waals surface area contributed by atoms with E-state index in [0.29, 0.717) is 89.4 Å². The van der Waals surface area contributed by atoms with Crippen molar-refractivity contribution in [3.8, 4) is 34.5 Å². The molecule has 2 atom stereocenters. The largest absolute Gasteiger partial charge is 0.497 e. The number of carbonyl (C=O) groups is 4. The summed E-state index contributed by atoms with van der Waals surface area (Å²) in [5.41, 5.74) is 9.80. The Labute approximate surface area is 558 Å². The zero-order valence-corrected chi connectivity index (χ0v) is 56.5. The van der Waals surface area contributed by atoms with Crippen LogP contribution in [0.3, 0.4) is 0 Å². The number of nitrogens with zero attached hydrogens (tertiary/aromatic N) is 10. The molecule has 10 aromatic rings. The van der Waals surface area contributed by atoms with Gasteiger partial charge in [-0.25, -0.2) is 43.7 Å². The molecule has 95 heavy (non-hydrogen) atoms. The zero-order chi connectivity index (χ0) is 67.6. The van der Waals surface area contributed by atoms with Gasteiger partial charge in [-0.3, -0.25) is 10.1 Å². The lowest BCUT2D eigenvalue weighted by Gasteiger charge is -2.33. The van der Waals surface area contributed by atoms with Crippen molar-refractivity contribution < 1.29 is 52.7 Å². The zero-order valence-electron chi connectivity index (χ0n) is 54.8. The molecule has 2 saturated heterocycles. The minimum absolute atomic E-state index is 0.0528. The van der Waals surface area contributed by atoms with Crippen LogP contribution in [0.4, 0.5) is 19.9 Å². The van der Waals surface area contributed by atoms with Gasteiger partial charge in [0, 0.05) is 78.1 Å². The molecule has 0 bridgehead atoms. The summed E-state index contributed by atoms with van der Waals surface area (Å²) >= 11 is 2.93. The van der Waals surface area contributed by atoms with Crippen LogP contribution >= 0.6 is 22.7 Å². The highest BCUT2D eigenvalue weighted by Gasteiger charge is 2.34. The molecule has 6 aromatic heterocycles. The molecule has 12 rings (SSSR count). The highest BCUT2D eigenvalue weighted by Crippen LogP contribution is 2.41. The lowest BCUT2D eigenvalue weighted by atomic mass is 9.93. The van der Waals surface area contributed by atoms with Crippen LogP contribution in [0.2, 0.25) is 0 Å². The number of nitrogens with one attached hydrogen (secondary N) is 1. The fourth-order valence-corrected chi connectivity index (χ4v) is 12.1. The van der Waals surface area contributed by atoms with E-state index in [1.54, 1.807) is 91.3 Å². The summed E-state index contributed by atoms with van der Waals surface area (Å²) in [7, 11) is 3.28. The predicted octanol–water partition coefficient (Wildman–Crippen LogP) is 14.5. The van der Waals surface area contributed by atoms with Gasteiger partial charge in [-0.1, -0.05) is 24.3 Å². The molecule has 3 amide bonds. The Bertz CT molecular complexity index is 4270. The molecule has 25 heteroatoms. The minimum atomic E-state index is -1.00. The van der Waals surface area contributed by atoms with Gasteiger partial charge in [0.15, 0.2) is 21.6 Å². The Kier molecular flexibility index (Phi) is 21.3. The third-order valence-corrected chi connectivity index (χ3v) is 16.9. The van der Waals surface area contributed by atoms with E-state index in [9.17, 15) is 24.3 Å². The van der Waals surface area contributed by atoms with E-state index in [4.69, 9.17) is 49.3 Å². The second-order valence-corrected chi connectivity index (χ2v) is 27.4. The van der Waals surface area contributed by atoms with E-state index in [-0.39, 0.29) is 35.5 Å². The van der Waals surface area contributed by atoms with Gasteiger partial charge < -0.3 is 49.1 Å². The number of methoxy groups -OCH3 is 2. The number of hydrogen-bond acceptors (Lipinski definition) is 19. The number of piperidine rings is 2. The van der Waals surface area contributed by atoms with Gasteiger partial charge in [0.25, 0.3) is 5.91 Å². The van der Waals surface area contributed by atoms with Crippen molar-refractivity contribution in [3.63, 3.8) is 0 Å². The monoisotopic (exact) mass is 1330 g/mol. The van der Waals surface area contributed by atoms with E-state index in [0.717, 1.165) is 80.2 Å². The Hall–Kier alpha value is -10.1. The van der Waals surface area contributed by atoms with Crippen molar-refractivity contribution in [2.75, 3.05) is 51.4 Å². The first kappa shape index (κ1) is 67.7. The summed E-state index contributed by atoms with van der Waals surface area (Å²) < 4.78 is 38.5. The Balaban J connectivity index is 0.000000189. The van der Waals surface area contributed by atoms with Crippen LogP contribution in [0, 0.1) is 13.8 Å². The molecule has 2 unspecified atom stereocenters.